The van der Waals surface area contributed by atoms with Crippen LogP contribution in [0.3, 0.4) is 0 Å². The molecule has 1 N–H and O–H groups in total. The lowest BCUT2D eigenvalue weighted by molar-refractivity contribution is 0.116. The minimum absolute atomic E-state index is 0.00207. The first-order valence-corrected chi connectivity index (χ1v) is 8.05. The third-order valence-corrected chi connectivity index (χ3v) is 4.31. The summed E-state index contributed by atoms with van der Waals surface area (Å²) in [6.07, 6.45) is 2.63. The molecule has 6 nitrogen and oxygen atoms in total. The normalized spacial score (nSPS) is 20.1. The van der Waals surface area contributed by atoms with Gasteiger partial charge in [0.2, 0.25) is 11.7 Å². The first kappa shape index (κ1) is 15.9. The van der Waals surface area contributed by atoms with Gasteiger partial charge in [0.1, 0.15) is 11.5 Å². The maximum atomic E-state index is 13.3. The summed E-state index contributed by atoms with van der Waals surface area (Å²) in [5, 5.41) is 7.31. The summed E-state index contributed by atoms with van der Waals surface area (Å²) in [6, 6.07) is 10.1. The minimum atomic E-state index is -0.275. The maximum Gasteiger partial charge on any atom is 0.244 e. The Bertz CT molecular complexity index is 866. The predicted octanol–water partition coefficient (Wildman–Crippen LogP) is 2.99. The zero-order valence-corrected chi connectivity index (χ0v) is 13.6. The first-order valence-electron chi connectivity index (χ1n) is 8.05. The van der Waals surface area contributed by atoms with Crippen molar-refractivity contribution in [3.8, 4) is 22.6 Å². The van der Waals surface area contributed by atoms with Gasteiger partial charge in [-0.1, -0.05) is 23.4 Å². The van der Waals surface area contributed by atoms with Crippen molar-refractivity contribution >= 4 is 0 Å². The molecule has 1 aromatic carbocycles. The molecule has 0 saturated carbocycles. The van der Waals surface area contributed by atoms with Crippen molar-refractivity contribution < 1.29 is 13.7 Å². The molecule has 1 fully saturated rings. The van der Waals surface area contributed by atoms with E-state index in [0.717, 1.165) is 24.1 Å². The molecule has 3 aromatic rings. The van der Waals surface area contributed by atoms with E-state index in [4.69, 9.17) is 9.26 Å². The lowest BCUT2D eigenvalue weighted by Crippen LogP contribution is -2.16. The van der Waals surface area contributed by atoms with Crippen LogP contribution in [-0.2, 0) is 4.74 Å². The van der Waals surface area contributed by atoms with Crippen molar-refractivity contribution in [2.75, 3.05) is 13.7 Å². The van der Waals surface area contributed by atoms with E-state index in [1.807, 2.05) is 12.1 Å². The summed E-state index contributed by atoms with van der Waals surface area (Å²) < 4.78 is 24.0. The van der Waals surface area contributed by atoms with Crippen molar-refractivity contribution in [1.82, 2.24) is 20.4 Å². The van der Waals surface area contributed by atoms with Crippen molar-refractivity contribution in [3.05, 3.63) is 54.3 Å². The summed E-state index contributed by atoms with van der Waals surface area (Å²) in [7, 11) is 1.69. The number of benzene rings is 1. The zero-order chi connectivity index (χ0) is 17.2. The molecule has 3 heterocycles. The van der Waals surface area contributed by atoms with Gasteiger partial charge in [-0.25, -0.2) is 4.39 Å². The zero-order valence-electron chi connectivity index (χ0n) is 13.6. The van der Waals surface area contributed by atoms with Crippen LogP contribution in [0.25, 0.3) is 22.6 Å². The second kappa shape index (κ2) is 6.70. The Hall–Kier alpha value is -2.64. The molecule has 128 valence electrons. The molecule has 0 amide bonds. The van der Waals surface area contributed by atoms with Crippen molar-refractivity contribution in [2.24, 2.45) is 0 Å². The van der Waals surface area contributed by atoms with E-state index < -0.39 is 0 Å². The summed E-state index contributed by atoms with van der Waals surface area (Å²) >= 11 is 0. The predicted molar refractivity (Wildman–Crippen MR) is 89.1 cm³/mol. The molecule has 1 aliphatic rings. The standard InChI is InChI=1S/C18H17FN4O2/c1-24-14-8-16(21-10-14)18-22-17(23-25-18)15-6-5-12(9-20-15)11-3-2-4-13(19)7-11/h2-7,9,14,16,21H,8,10H2,1H3/t14-,16-/m1/s1. The highest BCUT2D eigenvalue weighted by molar-refractivity contribution is 5.64. The largest absolute Gasteiger partial charge is 0.380 e. The van der Waals surface area contributed by atoms with E-state index in [-0.39, 0.29) is 18.0 Å². The Morgan fingerprint density at radius 3 is 2.88 bits per heavy atom. The van der Waals surface area contributed by atoms with Crippen LogP contribution in [0.2, 0.25) is 0 Å². The Morgan fingerprint density at radius 1 is 1.24 bits per heavy atom. The topological polar surface area (TPSA) is 73.1 Å². The van der Waals surface area contributed by atoms with Gasteiger partial charge in [-0.3, -0.25) is 4.98 Å². The number of nitrogens with one attached hydrogen (secondary N) is 1. The average molecular weight is 340 g/mol. The Morgan fingerprint density at radius 2 is 2.16 bits per heavy atom. The van der Waals surface area contributed by atoms with Gasteiger partial charge in [0.25, 0.3) is 0 Å². The van der Waals surface area contributed by atoms with E-state index in [2.05, 4.69) is 20.4 Å². The van der Waals surface area contributed by atoms with Crippen LogP contribution in [0, 0.1) is 5.82 Å². The van der Waals surface area contributed by atoms with Crippen molar-refractivity contribution in [1.29, 1.82) is 0 Å². The quantitative estimate of drug-likeness (QED) is 0.787. The van der Waals surface area contributed by atoms with E-state index in [9.17, 15) is 4.39 Å². The Balaban J connectivity index is 1.53. The van der Waals surface area contributed by atoms with Gasteiger partial charge in [-0.05, 0) is 30.2 Å². The Kier molecular flexibility index (Phi) is 4.25. The first-order chi connectivity index (χ1) is 12.2. The lowest BCUT2D eigenvalue weighted by atomic mass is 10.1. The molecule has 0 spiro atoms. The molecule has 0 radical (unpaired) electrons. The van der Waals surface area contributed by atoms with Gasteiger partial charge < -0.3 is 14.6 Å². The number of ether oxygens (including phenoxy) is 1. The number of nitrogens with zero attached hydrogens (tertiary/aromatic N) is 3. The highest BCUT2D eigenvalue weighted by atomic mass is 19.1. The molecule has 1 saturated heterocycles. The van der Waals surface area contributed by atoms with Crippen LogP contribution in [0.15, 0.2) is 47.1 Å². The third kappa shape index (κ3) is 3.29. The van der Waals surface area contributed by atoms with Gasteiger partial charge in [0, 0.05) is 25.4 Å². The lowest BCUT2D eigenvalue weighted by Gasteiger charge is -2.04. The summed E-state index contributed by atoms with van der Waals surface area (Å²) in [5.41, 5.74) is 2.21. The van der Waals surface area contributed by atoms with Crippen LogP contribution in [-0.4, -0.2) is 34.9 Å². The molecule has 2 aromatic heterocycles. The molecule has 0 aliphatic carbocycles. The molecule has 1 aliphatic heterocycles. The molecule has 0 bridgehead atoms. The summed E-state index contributed by atoms with van der Waals surface area (Å²) in [6.45, 7) is 0.763. The fraction of sp³-hybridized carbons (Fsp3) is 0.278. The number of hydrogen-bond donors (Lipinski definition) is 1. The van der Waals surface area contributed by atoms with Crippen LogP contribution in [0.5, 0.6) is 0 Å². The molecule has 4 rings (SSSR count). The monoisotopic (exact) mass is 340 g/mol. The SMILES string of the molecule is CO[C@H]1CN[C@@H](c2nc(-c3ccc(-c4cccc(F)c4)cn3)no2)C1. The van der Waals surface area contributed by atoms with Crippen LogP contribution in [0.4, 0.5) is 4.39 Å². The van der Waals surface area contributed by atoms with E-state index in [1.165, 1.54) is 12.1 Å². The van der Waals surface area contributed by atoms with Gasteiger partial charge >= 0.3 is 0 Å². The van der Waals surface area contributed by atoms with Crippen LogP contribution < -0.4 is 5.32 Å². The number of methoxy groups -OCH3 is 1. The molecule has 0 unspecified atom stereocenters. The fourth-order valence-corrected chi connectivity index (χ4v) is 2.92. The molecule has 25 heavy (non-hydrogen) atoms. The second-order valence-corrected chi connectivity index (χ2v) is 5.95. The van der Waals surface area contributed by atoms with Gasteiger partial charge in [-0.2, -0.15) is 4.98 Å². The van der Waals surface area contributed by atoms with Crippen molar-refractivity contribution in [2.45, 2.75) is 18.6 Å². The smallest absolute Gasteiger partial charge is 0.244 e. The number of rotatable bonds is 4. The summed E-state index contributed by atoms with van der Waals surface area (Å²) in [5.74, 6) is 0.692. The summed E-state index contributed by atoms with van der Waals surface area (Å²) in [4.78, 5) is 8.80. The fourth-order valence-electron chi connectivity index (χ4n) is 2.92. The minimum Gasteiger partial charge on any atom is -0.380 e. The van der Waals surface area contributed by atoms with E-state index in [1.54, 1.807) is 25.4 Å². The number of aromatic nitrogens is 3. The maximum absolute atomic E-state index is 13.3. The number of pyridine rings is 1. The van der Waals surface area contributed by atoms with E-state index in [0.29, 0.717) is 17.4 Å². The number of hydrogen-bond acceptors (Lipinski definition) is 6. The van der Waals surface area contributed by atoms with Crippen LogP contribution >= 0.6 is 0 Å². The van der Waals surface area contributed by atoms with Crippen LogP contribution in [0.1, 0.15) is 18.4 Å². The Labute approximate surface area is 144 Å². The van der Waals surface area contributed by atoms with Gasteiger partial charge in [-0.15, -0.1) is 0 Å². The van der Waals surface area contributed by atoms with Gasteiger partial charge in [0.05, 0.1) is 12.1 Å². The molecular weight excluding hydrogens is 323 g/mol. The number of halogens is 1. The molecule has 2 atom stereocenters. The van der Waals surface area contributed by atoms with Gasteiger partial charge in [0.15, 0.2) is 0 Å². The second-order valence-electron chi connectivity index (χ2n) is 5.95. The highest BCUT2D eigenvalue weighted by Crippen LogP contribution is 2.26. The highest BCUT2D eigenvalue weighted by Gasteiger charge is 2.29. The average Bonchev–Trinajstić information content (AvgIpc) is 3.31. The molecular formula is C18H17FN4O2. The third-order valence-electron chi connectivity index (χ3n) is 4.31. The van der Waals surface area contributed by atoms with Crippen molar-refractivity contribution in [3.63, 3.8) is 0 Å². The van der Waals surface area contributed by atoms with E-state index >= 15 is 0 Å². The molecule has 7 heteroatoms.